The summed E-state index contributed by atoms with van der Waals surface area (Å²) in [4.78, 5) is 4.52. The monoisotopic (exact) mass is 317 g/mol. The summed E-state index contributed by atoms with van der Waals surface area (Å²) in [5, 5.41) is 0. The Labute approximate surface area is 133 Å². The first kappa shape index (κ1) is 14.7. The molecule has 2 aromatic rings. The third-order valence-electron chi connectivity index (χ3n) is 5.51. The van der Waals surface area contributed by atoms with E-state index in [2.05, 4.69) is 11.1 Å². The van der Waals surface area contributed by atoms with Crippen molar-refractivity contribution in [3.05, 3.63) is 65.0 Å². The topological polar surface area (TPSA) is 12.9 Å². The van der Waals surface area contributed by atoms with Gasteiger partial charge in [-0.1, -0.05) is 24.3 Å². The molecule has 3 atom stereocenters. The van der Waals surface area contributed by atoms with Gasteiger partial charge in [0.15, 0.2) is 0 Å². The first-order valence-electron chi connectivity index (χ1n) is 8.15. The maximum Gasteiger partial charge on any atom is 0.416 e. The van der Waals surface area contributed by atoms with Crippen LogP contribution in [0.25, 0.3) is 0 Å². The largest absolute Gasteiger partial charge is 0.416 e. The van der Waals surface area contributed by atoms with Crippen LogP contribution in [0.3, 0.4) is 0 Å². The molecule has 1 fully saturated rings. The zero-order valence-electron chi connectivity index (χ0n) is 12.7. The van der Waals surface area contributed by atoms with E-state index in [1.54, 1.807) is 18.3 Å². The number of benzene rings is 1. The molecule has 4 heteroatoms. The molecule has 3 unspecified atom stereocenters. The van der Waals surface area contributed by atoms with Crippen LogP contribution in [-0.2, 0) is 12.6 Å². The van der Waals surface area contributed by atoms with Gasteiger partial charge in [0.1, 0.15) is 0 Å². The normalized spacial score (nSPS) is 26.7. The van der Waals surface area contributed by atoms with Gasteiger partial charge in [0.2, 0.25) is 0 Å². The predicted octanol–water partition coefficient (Wildman–Crippen LogP) is 5.32. The van der Waals surface area contributed by atoms with Gasteiger partial charge < -0.3 is 0 Å². The molecule has 4 rings (SSSR count). The molecule has 0 saturated heterocycles. The maximum atomic E-state index is 13.3. The van der Waals surface area contributed by atoms with Gasteiger partial charge in [0, 0.05) is 17.8 Å². The van der Waals surface area contributed by atoms with Crippen LogP contribution in [0.2, 0.25) is 0 Å². The van der Waals surface area contributed by atoms with Crippen molar-refractivity contribution in [2.45, 2.75) is 43.7 Å². The average Bonchev–Trinajstić information content (AvgIpc) is 2.90. The van der Waals surface area contributed by atoms with Crippen LogP contribution in [-0.4, -0.2) is 4.98 Å². The molecule has 0 N–H and O–H groups in total. The highest BCUT2D eigenvalue weighted by molar-refractivity contribution is 5.37. The third kappa shape index (κ3) is 2.44. The minimum atomic E-state index is -4.28. The number of alkyl halides is 3. The minimum absolute atomic E-state index is 0.00535. The third-order valence-corrected chi connectivity index (χ3v) is 5.51. The van der Waals surface area contributed by atoms with Gasteiger partial charge in [-0.05, 0) is 60.8 Å². The number of aryl methyl sites for hydroxylation is 1. The van der Waals surface area contributed by atoms with Gasteiger partial charge in [-0.25, -0.2) is 0 Å². The second-order valence-corrected chi connectivity index (χ2v) is 6.63. The fourth-order valence-electron chi connectivity index (χ4n) is 4.33. The van der Waals surface area contributed by atoms with Crippen LogP contribution in [0.15, 0.2) is 42.6 Å². The lowest BCUT2D eigenvalue weighted by atomic mass is 9.63. The smallest absolute Gasteiger partial charge is 0.261 e. The van der Waals surface area contributed by atoms with Gasteiger partial charge in [-0.3, -0.25) is 4.98 Å². The molecule has 23 heavy (non-hydrogen) atoms. The molecule has 0 aliphatic heterocycles. The van der Waals surface area contributed by atoms with Crippen LogP contribution >= 0.6 is 0 Å². The highest BCUT2D eigenvalue weighted by Gasteiger charge is 2.44. The number of pyridine rings is 1. The van der Waals surface area contributed by atoms with E-state index in [0.29, 0.717) is 11.5 Å². The first-order valence-corrected chi connectivity index (χ1v) is 8.15. The molecule has 1 heterocycles. The van der Waals surface area contributed by atoms with Gasteiger partial charge in [0.05, 0.1) is 5.56 Å². The van der Waals surface area contributed by atoms with E-state index in [4.69, 9.17) is 0 Å². The molecule has 2 aliphatic rings. The highest BCUT2D eigenvalue weighted by atomic mass is 19.4. The van der Waals surface area contributed by atoms with Gasteiger partial charge in [-0.2, -0.15) is 13.2 Å². The van der Waals surface area contributed by atoms with Gasteiger partial charge in [0.25, 0.3) is 0 Å². The highest BCUT2D eigenvalue weighted by Crippen LogP contribution is 2.55. The number of hydrogen-bond donors (Lipinski definition) is 0. The van der Waals surface area contributed by atoms with Crippen LogP contribution in [0.4, 0.5) is 13.2 Å². The number of hydrogen-bond acceptors (Lipinski definition) is 1. The molecule has 0 radical (unpaired) electrons. The van der Waals surface area contributed by atoms with E-state index < -0.39 is 11.7 Å². The molecule has 1 aromatic carbocycles. The summed E-state index contributed by atoms with van der Waals surface area (Å²) >= 11 is 0. The maximum absolute atomic E-state index is 13.3. The Morgan fingerprint density at radius 1 is 0.913 bits per heavy atom. The van der Waals surface area contributed by atoms with Crippen molar-refractivity contribution in [3.63, 3.8) is 0 Å². The number of fused-ring (bicyclic) bond motifs is 1. The minimum Gasteiger partial charge on any atom is -0.261 e. The second-order valence-electron chi connectivity index (χ2n) is 6.63. The molecule has 0 bridgehead atoms. The lowest BCUT2D eigenvalue weighted by Gasteiger charge is -2.42. The summed E-state index contributed by atoms with van der Waals surface area (Å²) in [5.41, 5.74) is 2.40. The SMILES string of the molecule is FC(F)(F)c1ccccc1C1CCC1C1CCc2cccnc21. The Morgan fingerprint density at radius 2 is 1.74 bits per heavy atom. The molecule has 2 aliphatic carbocycles. The molecule has 1 aromatic heterocycles. The van der Waals surface area contributed by atoms with E-state index >= 15 is 0 Å². The Kier molecular flexibility index (Phi) is 3.43. The molecule has 1 nitrogen and oxygen atoms in total. The fourth-order valence-corrected chi connectivity index (χ4v) is 4.33. The summed E-state index contributed by atoms with van der Waals surface area (Å²) < 4.78 is 39.9. The molecular formula is C19H18F3N. The fraction of sp³-hybridized carbons (Fsp3) is 0.421. The Hall–Kier alpha value is -1.84. The summed E-state index contributed by atoms with van der Waals surface area (Å²) in [6.45, 7) is 0. The van der Waals surface area contributed by atoms with E-state index in [9.17, 15) is 13.2 Å². The standard InChI is InChI=1S/C19H18F3N/c20-19(21,22)17-6-2-1-5-15(17)13-9-10-14(13)16-8-7-12-4-3-11-23-18(12)16/h1-6,11,13-14,16H,7-10H2. The first-order chi connectivity index (χ1) is 11.1. The molecule has 1 saturated carbocycles. The summed E-state index contributed by atoms with van der Waals surface area (Å²) in [6.07, 6.45) is 1.38. The van der Waals surface area contributed by atoms with E-state index in [1.807, 2.05) is 6.07 Å². The molecular weight excluding hydrogens is 299 g/mol. The second kappa shape index (κ2) is 5.36. The van der Waals surface area contributed by atoms with Gasteiger partial charge in [-0.15, -0.1) is 0 Å². The van der Waals surface area contributed by atoms with E-state index in [-0.39, 0.29) is 11.8 Å². The molecule has 120 valence electrons. The summed E-state index contributed by atoms with van der Waals surface area (Å²) in [6, 6.07) is 10.1. The zero-order valence-corrected chi connectivity index (χ0v) is 12.7. The number of halogens is 3. The number of rotatable bonds is 2. The lowest BCUT2D eigenvalue weighted by Crippen LogP contribution is -2.30. The van der Waals surface area contributed by atoms with Crippen molar-refractivity contribution >= 4 is 0 Å². The van der Waals surface area contributed by atoms with Crippen LogP contribution < -0.4 is 0 Å². The Morgan fingerprint density at radius 3 is 2.48 bits per heavy atom. The van der Waals surface area contributed by atoms with Crippen molar-refractivity contribution in [1.29, 1.82) is 0 Å². The average molecular weight is 317 g/mol. The zero-order chi connectivity index (χ0) is 16.0. The van der Waals surface area contributed by atoms with Crippen molar-refractivity contribution in [1.82, 2.24) is 4.98 Å². The van der Waals surface area contributed by atoms with Crippen LogP contribution in [0, 0.1) is 5.92 Å². The summed E-state index contributed by atoms with van der Waals surface area (Å²) in [7, 11) is 0. The van der Waals surface area contributed by atoms with Crippen molar-refractivity contribution in [2.75, 3.05) is 0 Å². The number of aromatic nitrogens is 1. The van der Waals surface area contributed by atoms with Gasteiger partial charge >= 0.3 is 6.18 Å². The van der Waals surface area contributed by atoms with Crippen LogP contribution in [0.5, 0.6) is 0 Å². The predicted molar refractivity (Wildman–Crippen MR) is 82.2 cm³/mol. The summed E-state index contributed by atoms with van der Waals surface area (Å²) in [5.74, 6) is 0.603. The number of nitrogens with zero attached hydrogens (tertiary/aromatic N) is 1. The van der Waals surface area contributed by atoms with Crippen molar-refractivity contribution in [2.24, 2.45) is 5.92 Å². The van der Waals surface area contributed by atoms with Crippen molar-refractivity contribution < 1.29 is 13.2 Å². The Balaban J connectivity index is 1.66. The molecule has 0 amide bonds. The quantitative estimate of drug-likeness (QED) is 0.730. The molecule has 0 spiro atoms. The Bertz CT molecular complexity index is 723. The van der Waals surface area contributed by atoms with Crippen LogP contribution in [0.1, 0.15) is 53.5 Å². The van der Waals surface area contributed by atoms with Crippen molar-refractivity contribution in [3.8, 4) is 0 Å². The lowest BCUT2D eigenvalue weighted by molar-refractivity contribution is -0.138. The van der Waals surface area contributed by atoms with E-state index in [1.165, 1.54) is 17.7 Å². The van der Waals surface area contributed by atoms with E-state index in [0.717, 1.165) is 31.4 Å².